The molecular formula is C7H16BrNOS. The first-order chi connectivity index (χ1) is 4.76. The van der Waals surface area contributed by atoms with Crippen molar-refractivity contribution in [2.75, 3.05) is 25.1 Å². The summed E-state index contributed by atoms with van der Waals surface area (Å²) >= 11 is 1.16. The van der Waals surface area contributed by atoms with E-state index in [1.165, 1.54) is 0 Å². The van der Waals surface area contributed by atoms with Gasteiger partial charge in [0.15, 0.2) is 5.75 Å². The van der Waals surface area contributed by atoms with E-state index in [0.29, 0.717) is 5.75 Å². The lowest BCUT2D eigenvalue weighted by atomic mass is 10.5. The van der Waals surface area contributed by atoms with Crippen LogP contribution in [0.4, 0.5) is 0 Å². The molecule has 0 N–H and O–H groups in total. The fraction of sp³-hybridized carbons (Fsp3) is 0.857. The van der Waals surface area contributed by atoms with Crippen LogP contribution >= 0.6 is 0 Å². The molecule has 4 heteroatoms. The molecular weight excluding hydrogens is 226 g/mol. The van der Waals surface area contributed by atoms with Gasteiger partial charge in [-0.25, -0.2) is 0 Å². The van der Waals surface area contributed by atoms with Crippen LogP contribution in [0.15, 0.2) is 0 Å². The number of carbonyl (C=O) groups excluding carboxylic acids is 1. The maximum Gasteiger partial charge on any atom is 0.272 e. The molecule has 0 aromatic rings. The van der Waals surface area contributed by atoms with Gasteiger partial charge in [0.1, 0.15) is 0 Å². The molecule has 0 aliphatic rings. The Morgan fingerprint density at radius 2 is 1.82 bits per heavy atom. The third-order valence-electron chi connectivity index (χ3n) is 1.41. The smallest absolute Gasteiger partial charge is 0.272 e. The van der Waals surface area contributed by atoms with Gasteiger partial charge in [-0.05, 0) is 25.6 Å². The fourth-order valence-corrected chi connectivity index (χ4v) is 1.28. The topological polar surface area (TPSA) is 20.3 Å². The molecule has 0 bridgehead atoms. The summed E-state index contributed by atoms with van der Waals surface area (Å²) < 4.78 is 0. The van der Waals surface area contributed by atoms with Gasteiger partial charge in [0, 0.05) is 13.1 Å². The average molecular weight is 242 g/mol. The Morgan fingerprint density at radius 1 is 1.36 bits per heavy atom. The summed E-state index contributed by atoms with van der Waals surface area (Å²) in [5, 5.41) is 0. The minimum atomic E-state index is 0. The molecule has 0 aromatic carbocycles. The quantitative estimate of drug-likeness (QED) is 0.388. The van der Waals surface area contributed by atoms with Crippen molar-refractivity contribution in [3.8, 4) is 0 Å². The molecule has 68 valence electrons. The number of amides is 1. The standard InChI is InChI=1S/C7H15NOS.BrH/c1-4-8(5-2)7(9)6-10-3;/h4-6H2,1-3H3;1H. The van der Waals surface area contributed by atoms with Gasteiger partial charge >= 0.3 is 0 Å². The Labute approximate surface area is 83.5 Å². The van der Waals surface area contributed by atoms with Crippen LogP contribution < -0.4 is 17.0 Å². The second kappa shape index (κ2) is 8.40. The Bertz CT molecular complexity index is 107. The summed E-state index contributed by atoms with van der Waals surface area (Å²) in [5.41, 5.74) is 0. The third kappa shape index (κ3) is 5.56. The van der Waals surface area contributed by atoms with E-state index in [9.17, 15) is 4.79 Å². The van der Waals surface area contributed by atoms with Crippen LogP contribution in [0.3, 0.4) is 0 Å². The molecule has 0 heterocycles. The van der Waals surface area contributed by atoms with Gasteiger partial charge in [0.2, 0.25) is 0 Å². The zero-order chi connectivity index (χ0) is 7.98. The van der Waals surface area contributed by atoms with Crippen LogP contribution in [0.5, 0.6) is 0 Å². The summed E-state index contributed by atoms with van der Waals surface area (Å²) in [4.78, 5) is 13.0. The number of hydrogen-bond acceptors (Lipinski definition) is 1. The van der Waals surface area contributed by atoms with Crippen molar-refractivity contribution >= 4 is 17.7 Å². The largest absolute Gasteiger partial charge is 1.00 e. The lowest BCUT2D eigenvalue weighted by molar-refractivity contribution is -0.127. The minimum Gasteiger partial charge on any atom is -1.00 e. The zero-order valence-corrected chi connectivity index (χ0v) is 9.78. The van der Waals surface area contributed by atoms with Gasteiger partial charge in [-0.15, -0.1) is 0 Å². The van der Waals surface area contributed by atoms with E-state index in [1.54, 1.807) is 0 Å². The maximum absolute atomic E-state index is 11.1. The van der Waals surface area contributed by atoms with Crippen molar-refractivity contribution in [3.63, 3.8) is 0 Å². The zero-order valence-electron chi connectivity index (χ0n) is 7.30. The highest BCUT2D eigenvalue weighted by Crippen LogP contribution is 1.88. The first-order valence-electron chi connectivity index (χ1n) is 3.59. The lowest BCUT2D eigenvalue weighted by Crippen LogP contribution is -3.00. The van der Waals surface area contributed by atoms with E-state index >= 15 is 0 Å². The van der Waals surface area contributed by atoms with E-state index in [-0.39, 0.29) is 22.9 Å². The van der Waals surface area contributed by atoms with E-state index < -0.39 is 0 Å². The summed E-state index contributed by atoms with van der Waals surface area (Å²) in [5.74, 6) is 0.941. The molecule has 0 radical (unpaired) electrons. The van der Waals surface area contributed by atoms with Crippen LogP contribution in [-0.4, -0.2) is 35.9 Å². The summed E-state index contributed by atoms with van der Waals surface area (Å²) in [6.45, 7) is 5.69. The molecule has 0 rings (SSSR count). The number of halogens is 1. The highest BCUT2D eigenvalue weighted by atomic mass is 79.9. The number of rotatable bonds is 4. The Balaban J connectivity index is 0. The van der Waals surface area contributed by atoms with Crippen molar-refractivity contribution < 1.29 is 21.8 Å². The molecule has 0 spiro atoms. The fourth-order valence-electron chi connectivity index (χ4n) is 0.812. The first kappa shape index (κ1) is 13.9. The summed E-state index contributed by atoms with van der Waals surface area (Å²) in [6, 6.07) is 0. The van der Waals surface area contributed by atoms with Gasteiger partial charge in [0.25, 0.3) is 5.91 Å². The van der Waals surface area contributed by atoms with Crippen molar-refractivity contribution in [1.82, 2.24) is 4.90 Å². The molecule has 0 fully saturated rings. The minimum absolute atomic E-state index is 0. The molecule has 0 aliphatic heterocycles. The third-order valence-corrected chi connectivity index (χ3v) is 2.00. The molecule has 0 aliphatic carbocycles. The number of nitrogens with zero attached hydrogens (tertiary/aromatic N) is 1. The summed E-state index contributed by atoms with van der Waals surface area (Å²) in [6.07, 6.45) is 2.00. The molecule has 2 nitrogen and oxygen atoms in total. The van der Waals surface area contributed by atoms with Crippen LogP contribution in [-0.2, 0) is 16.6 Å². The van der Waals surface area contributed by atoms with E-state index in [0.717, 1.165) is 24.9 Å². The highest BCUT2D eigenvalue weighted by Gasteiger charge is 2.10. The van der Waals surface area contributed by atoms with Crippen LogP contribution in [0.2, 0.25) is 0 Å². The average Bonchev–Trinajstić information content (AvgIpc) is 1.91. The van der Waals surface area contributed by atoms with Gasteiger partial charge in [-0.2, -0.15) is 0 Å². The van der Waals surface area contributed by atoms with E-state index in [2.05, 4.69) is 0 Å². The molecule has 1 amide bonds. The molecule has 0 aromatic heterocycles. The lowest BCUT2D eigenvalue weighted by Gasteiger charge is -2.15. The van der Waals surface area contributed by atoms with Crippen LogP contribution in [0.25, 0.3) is 0 Å². The van der Waals surface area contributed by atoms with Crippen LogP contribution in [0, 0.1) is 0 Å². The van der Waals surface area contributed by atoms with Gasteiger partial charge in [0.05, 0.1) is 6.26 Å². The first-order valence-corrected chi connectivity index (χ1v) is 5.12. The molecule has 11 heavy (non-hydrogen) atoms. The van der Waals surface area contributed by atoms with Crippen molar-refractivity contribution in [3.05, 3.63) is 0 Å². The predicted octanol–water partition coefficient (Wildman–Crippen LogP) is -2.70. The normalized spacial score (nSPS) is 8.64. The van der Waals surface area contributed by atoms with E-state index in [1.807, 2.05) is 25.0 Å². The van der Waals surface area contributed by atoms with E-state index in [4.69, 9.17) is 0 Å². The van der Waals surface area contributed by atoms with Crippen molar-refractivity contribution in [1.29, 1.82) is 0 Å². The Hall–Kier alpha value is 0.300. The van der Waals surface area contributed by atoms with Gasteiger partial charge < -0.3 is 21.9 Å². The number of hydrogen-bond donors (Lipinski definition) is 0. The Morgan fingerprint density at radius 3 is 2.09 bits per heavy atom. The van der Waals surface area contributed by atoms with Crippen LogP contribution in [0.1, 0.15) is 13.8 Å². The molecule has 0 unspecified atom stereocenters. The highest BCUT2D eigenvalue weighted by molar-refractivity contribution is 7.78. The summed E-state index contributed by atoms with van der Waals surface area (Å²) in [7, 11) is 0. The second-order valence-corrected chi connectivity index (χ2v) is 2.99. The van der Waals surface area contributed by atoms with Crippen molar-refractivity contribution in [2.45, 2.75) is 13.8 Å². The van der Waals surface area contributed by atoms with Gasteiger partial charge in [-0.1, -0.05) is 0 Å². The predicted molar refractivity (Wildman–Crippen MR) is 47.5 cm³/mol. The SMILES string of the molecule is CCN(CC)C(=O)C[SH+]C.[Br-]. The second-order valence-electron chi connectivity index (χ2n) is 2.04. The van der Waals surface area contributed by atoms with Gasteiger partial charge in [-0.3, -0.25) is 4.79 Å². The molecule has 0 saturated carbocycles. The van der Waals surface area contributed by atoms with Crippen molar-refractivity contribution in [2.24, 2.45) is 0 Å². The number of carbonyl (C=O) groups is 1. The molecule has 0 atom stereocenters. The maximum atomic E-state index is 11.1. The molecule has 0 saturated heterocycles. The monoisotopic (exact) mass is 241 g/mol. The number of thiol groups is 1. The Kier molecular flexibility index (Phi) is 10.6.